The molecule has 4 rings (SSSR count). The van der Waals surface area contributed by atoms with Gasteiger partial charge in [0.25, 0.3) is 5.91 Å². The average Bonchev–Trinajstić information content (AvgIpc) is 3.21. The maximum absolute atomic E-state index is 12.7. The quantitative estimate of drug-likeness (QED) is 0.601. The lowest BCUT2D eigenvalue weighted by Gasteiger charge is -2.18. The van der Waals surface area contributed by atoms with Gasteiger partial charge in [0, 0.05) is 15.3 Å². The molecule has 7 heteroatoms. The fourth-order valence-electron chi connectivity index (χ4n) is 3.45. The zero-order valence-corrected chi connectivity index (χ0v) is 16.5. The van der Waals surface area contributed by atoms with Gasteiger partial charge < -0.3 is 14.5 Å². The summed E-state index contributed by atoms with van der Waals surface area (Å²) in [6, 6.07) is 6.81. The monoisotopic (exact) mass is 403 g/mol. The molecule has 1 atom stereocenters. The molecule has 5 nitrogen and oxygen atoms in total. The Labute approximate surface area is 165 Å². The van der Waals surface area contributed by atoms with Gasteiger partial charge in [0.15, 0.2) is 5.76 Å². The predicted molar refractivity (Wildman–Crippen MR) is 106 cm³/mol. The molecule has 0 aliphatic heterocycles. The van der Waals surface area contributed by atoms with E-state index in [-0.39, 0.29) is 5.76 Å². The Morgan fingerprint density at radius 3 is 2.93 bits per heavy atom. The predicted octanol–water partition coefficient (Wildman–Crippen LogP) is 5.31. The normalized spacial score (nSPS) is 16.2. The number of nitrogens with one attached hydrogen (secondary N) is 1. The summed E-state index contributed by atoms with van der Waals surface area (Å²) in [5.41, 5.74) is 2.05. The van der Waals surface area contributed by atoms with Crippen molar-refractivity contribution in [3.8, 4) is 0 Å². The summed E-state index contributed by atoms with van der Waals surface area (Å²) < 4.78 is 10.6. The maximum atomic E-state index is 12.7. The maximum Gasteiger partial charge on any atom is 0.341 e. The largest absolute Gasteiger partial charge is 0.465 e. The Morgan fingerprint density at radius 2 is 2.15 bits per heavy atom. The van der Waals surface area contributed by atoms with Gasteiger partial charge in [0.2, 0.25) is 0 Å². The van der Waals surface area contributed by atoms with E-state index in [1.807, 2.05) is 0 Å². The van der Waals surface area contributed by atoms with Crippen molar-refractivity contribution in [1.82, 2.24) is 0 Å². The van der Waals surface area contributed by atoms with E-state index in [9.17, 15) is 9.59 Å². The van der Waals surface area contributed by atoms with Gasteiger partial charge >= 0.3 is 5.97 Å². The number of anilines is 1. The molecule has 1 aromatic carbocycles. The van der Waals surface area contributed by atoms with E-state index in [1.165, 1.54) is 18.4 Å². The topological polar surface area (TPSA) is 68.5 Å². The van der Waals surface area contributed by atoms with Gasteiger partial charge in [-0.1, -0.05) is 18.5 Å². The first-order valence-electron chi connectivity index (χ1n) is 8.69. The van der Waals surface area contributed by atoms with Crippen LogP contribution in [0.4, 0.5) is 5.00 Å². The molecule has 1 amide bonds. The van der Waals surface area contributed by atoms with E-state index in [4.69, 9.17) is 20.8 Å². The molecular weight excluding hydrogens is 386 g/mol. The molecule has 140 valence electrons. The number of halogens is 1. The summed E-state index contributed by atoms with van der Waals surface area (Å²) in [5, 5.41) is 4.68. The van der Waals surface area contributed by atoms with Crippen LogP contribution >= 0.6 is 22.9 Å². The van der Waals surface area contributed by atoms with E-state index < -0.39 is 11.9 Å². The SMILES string of the molecule is COC(=O)c1c(NC(=O)c2cc3cc(Cl)ccc3o2)sc2c1CCC(C)C2. The fraction of sp³-hybridized carbons (Fsp3) is 0.300. The summed E-state index contributed by atoms with van der Waals surface area (Å²) in [6.07, 6.45) is 2.74. The smallest absolute Gasteiger partial charge is 0.341 e. The second-order valence-electron chi connectivity index (χ2n) is 6.79. The second-order valence-corrected chi connectivity index (χ2v) is 8.34. The number of rotatable bonds is 3. The van der Waals surface area contributed by atoms with Crippen LogP contribution in [0.5, 0.6) is 0 Å². The first-order chi connectivity index (χ1) is 13.0. The van der Waals surface area contributed by atoms with E-state index in [1.54, 1.807) is 24.3 Å². The first kappa shape index (κ1) is 18.1. The molecule has 27 heavy (non-hydrogen) atoms. The molecule has 1 aliphatic carbocycles. The second kappa shape index (κ2) is 7.02. The number of methoxy groups -OCH3 is 1. The van der Waals surface area contributed by atoms with Crippen molar-refractivity contribution < 1.29 is 18.7 Å². The molecule has 0 saturated carbocycles. The van der Waals surface area contributed by atoms with Crippen LogP contribution in [0.3, 0.4) is 0 Å². The Morgan fingerprint density at radius 1 is 1.33 bits per heavy atom. The molecule has 0 radical (unpaired) electrons. The number of fused-ring (bicyclic) bond motifs is 2. The zero-order chi connectivity index (χ0) is 19.1. The van der Waals surface area contributed by atoms with Gasteiger partial charge in [0.1, 0.15) is 10.6 Å². The summed E-state index contributed by atoms with van der Waals surface area (Å²) in [4.78, 5) is 26.2. The van der Waals surface area contributed by atoms with Crippen molar-refractivity contribution in [1.29, 1.82) is 0 Å². The number of ether oxygens (including phenoxy) is 1. The lowest BCUT2D eigenvalue weighted by atomic mass is 9.88. The highest BCUT2D eigenvalue weighted by Gasteiger charge is 2.29. The Kier molecular flexibility index (Phi) is 4.70. The number of carbonyl (C=O) groups excluding carboxylic acids is 2. The fourth-order valence-corrected chi connectivity index (χ4v) is 5.02. The van der Waals surface area contributed by atoms with Gasteiger partial charge in [-0.15, -0.1) is 11.3 Å². The molecule has 0 bridgehead atoms. The minimum Gasteiger partial charge on any atom is -0.465 e. The summed E-state index contributed by atoms with van der Waals surface area (Å²) in [6.45, 7) is 2.19. The Balaban J connectivity index is 1.68. The zero-order valence-electron chi connectivity index (χ0n) is 14.9. The van der Waals surface area contributed by atoms with Crippen LogP contribution in [0.15, 0.2) is 28.7 Å². The summed E-state index contributed by atoms with van der Waals surface area (Å²) in [5.74, 6) is -0.0963. The van der Waals surface area contributed by atoms with Gasteiger partial charge in [-0.3, -0.25) is 4.79 Å². The highest BCUT2D eigenvalue weighted by molar-refractivity contribution is 7.17. The number of thiophene rings is 1. The Bertz CT molecular complexity index is 1050. The van der Waals surface area contributed by atoms with Crippen LogP contribution in [0.1, 0.15) is 44.7 Å². The van der Waals surface area contributed by atoms with Crippen molar-refractivity contribution in [3.05, 3.63) is 51.1 Å². The minimum atomic E-state index is -0.422. The van der Waals surface area contributed by atoms with Gasteiger partial charge in [-0.2, -0.15) is 0 Å². The minimum absolute atomic E-state index is 0.169. The highest BCUT2D eigenvalue weighted by atomic mass is 35.5. The Hall–Kier alpha value is -2.31. The van der Waals surface area contributed by atoms with Crippen molar-refractivity contribution in [2.24, 2.45) is 5.92 Å². The number of benzene rings is 1. The van der Waals surface area contributed by atoms with Crippen molar-refractivity contribution >= 4 is 50.8 Å². The molecule has 1 N–H and O–H groups in total. The lowest BCUT2D eigenvalue weighted by Crippen LogP contribution is -2.15. The molecule has 0 saturated heterocycles. The van der Waals surface area contributed by atoms with Gasteiger partial charge in [0.05, 0.1) is 12.7 Å². The van der Waals surface area contributed by atoms with Crippen LogP contribution in [-0.4, -0.2) is 19.0 Å². The molecule has 1 unspecified atom stereocenters. The third-order valence-corrected chi connectivity index (χ3v) is 6.24. The molecule has 0 spiro atoms. The first-order valence-corrected chi connectivity index (χ1v) is 9.89. The summed E-state index contributed by atoms with van der Waals surface area (Å²) in [7, 11) is 1.35. The van der Waals surface area contributed by atoms with Crippen LogP contribution in [0.25, 0.3) is 11.0 Å². The van der Waals surface area contributed by atoms with Crippen molar-refractivity contribution in [3.63, 3.8) is 0 Å². The van der Waals surface area contributed by atoms with Gasteiger partial charge in [-0.25, -0.2) is 4.79 Å². The molecule has 1 aliphatic rings. The van der Waals surface area contributed by atoms with Gasteiger partial charge in [-0.05, 0) is 55.0 Å². The number of carbonyl (C=O) groups is 2. The molecule has 3 aromatic rings. The number of hydrogen-bond donors (Lipinski definition) is 1. The lowest BCUT2D eigenvalue weighted by molar-refractivity contribution is 0.0601. The number of amides is 1. The van der Waals surface area contributed by atoms with E-state index >= 15 is 0 Å². The average molecular weight is 404 g/mol. The standard InChI is InChI=1S/C20H18ClNO4S/c1-10-3-5-13-16(7-10)27-19(17(13)20(24)25-2)22-18(23)15-9-11-8-12(21)4-6-14(11)26-15/h4,6,8-10H,3,5,7H2,1-2H3,(H,22,23). The van der Waals surface area contributed by atoms with Crippen molar-refractivity contribution in [2.45, 2.75) is 26.2 Å². The van der Waals surface area contributed by atoms with Crippen molar-refractivity contribution in [2.75, 3.05) is 12.4 Å². The van der Waals surface area contributed by atoms with E-state index in [0.29, 0.717) is 27.1 Å². The van der Waals surface area contributed by atoms with E-state index in [0.717, 1.165) is 35.1 Å². The highest BCUT2D eigenvalue weighted by Crippen LogP contribution is 2.40. The summed E-state index contributed by atoms with van der Waals surface area (Å²) >= 11 is 7.43. The molecule has 2 aromatic heterocycles. The van der Waals surface area contributed by atoms with Crippen LogP contribution in [0.2, 0.25) is 5.02 Å². The number of furan rings is 1. The molecule has 0 fully saturated rings. The number of esters is 1. The number of hydrogen-bond acceptors (Lipinski definition) is 5. The van der Waals surface area contributed by atoms with Crippen LogP contribution in [0, 0.1) is 5.92 Å². The van der Waals surface area contributed by atoms with Crippen LogP contribution < -0.4 is 5.32 Å². The third-order valence-electron chi connectivity index (χ3n) is 4.83. The van der Waals surface area contributed by atoms with E-state index in [2.05, 4.69) is 12.2 Å². The van der Waals surface area contributed by atoms with Crippen LogP contribution in [-0.2, 0) is 17.6 Å². The molecule has 2 heterocycles. The third kappa shape index (κ3) is 3.35. The molecular formula is C20H18ClNO4S.